The van der Waals surface area contributed by atoms with Gasteiger partial charge in [0.15, 0.2) is 5.13 Å². The zero-order chi connectivity index (χ0) is 18.6. The predicted octanol–water partition coefficient (Wildman–Crippen LogP) is 3.88. The van der Waals surface area contributed by atoms with E-state index in [1.165, 1.54) is 4.70 Å². The minimum atomic E-state index is 0.359. The summed E-state index contributed by atoms with van der Waals surface area (Å²) in [6, 6.07) is 6.12. The van der Waals surface area contributed by atoms with Crippen LogP contribution < -0.4 is 9.64 Å². The summed E-state index contributed by atoms with van der Waals surface area (Å²) in [6.45, 7) is 6.52. The highest BCUT2D eigenvalue weighted by Gasteiger charge is 2.26. The van der Waals surface area contributed by atoms with Gasteiger partial charge in [-0.1, -0.05) is 11.3 Å². The zero-order valence-electron chi connectivity index (χ0n) is 15.9. The van der Waals surface area contributed by atoms with Gasteiger partial charge in [0, 0.05) is 44.1 Å². The molecule has 2 saturated heterocycles. The molecule has 0 unspecified atom stereocenters. The molecule has 146 valence electrons. The molecule has 1 aromatic heterocycles. The molecule has 0 N–H and O–H groups in total. The molecular weight excluding hydrogens is 378 g/mol. The first-order chi connectivity index (χ1) is 13.2. The minimum Gasteiger partial charge on any atom is -0.494 e. The van der Waals surface area contributed by atoms with E-state index < -0.39 is 0 Å². The van der Waals surface area contributed by atoms with E-state index in [1.54, 1.807) is 11.3 Å². The summed E-state index contributed by atoms with van der Waals surface area (Å²) in [7, 11) is 0. The van der Waals surface area contributed by atoms with E-state index in [0.717, 1.165) is 73.3 Å². The third kappa shape index (κ3) is 4.51. The van der Waals surface area contributed by atoms with Gasteiger partial charge in [0.05, 0.1) is 16.8 Å². The molecule has 7 heteroatoms. The molecule has 2 aliphatic heterocycles. The number of piperidine rings is 1. The summed E-state index contributed by atoms with van der Waals surface area (Å²) in [6.07, 6.45) is 2.87. The van der Waals surface area contributed by atoms with Crippen LogP contribution in [0.4, 0.5) is 5.13 Å². The highest BCUT2D eigenvalue weighted by Crippen LogP contribution is 2.34. The van der Waals surface area contributed by atoms with E-state index >= 15 is 0 Å². The maximum atomic E-state index is 12.5. The molecule has 0 spiro atoms. The van der Waals surface area contributed by atoms with Crippen molar-refractivity contribution < 1.29 is 9.53 Å². The summed E-state index contributed by atoms with van der Waals surface area (Å²) >= 11 is 3.69. The number of anilines is 1. The second-order valence-corrected chi connectivity index (χ2v) is 9.42. The Morgan fingerprint density at radius 3 is 2.74 bits per heavy atom. The van der Waals surface area contributed by atoms with Crippen molar-refractivity contribution in [2.24, 2.45) is 5.92 Å². The number of thiazole rings is 1. The molecule has 5 nitrogen and oxygen atoms in total. The van der Waals surface area contributed by atoms with Crippen molar-refractivity contribution in [3.8, 4) is 5.75 Å². The molecule has 2 aliphatic rings. The fraction of sp³-hybridized carbons (Fsp3) is 0.600. The number of nitrogens with zero attached hydrogens (tertiary/aromatic N) is 3. The number of fused-ring (bicyclic) bond motifs is 1. The quantitative estimate of drug-likeness (QED) is 0.755. The van der Waals surface area contributed by atoms with E-state index in [9.17, 15) is 4.79 Å². The lowest BCUT2D eigenvalue weighted by Crippen LogP contribution is -2.40. The monoisotopic (exact) mass is 405 g/mol. The zero-order valence-corrected chi connectivity index (χ0v) is 17.5. The predicted molar refractivity (Wildman–Crippen MR) is 114 cm³/mol. The molecule has 0 radical (unpaired) electrons. The minimum absolute atomic E-state index is 0.359. The SMILES string of the molecule is CCOc1ccc2nc(N3CCC(CC(=O)N4CCSCC4)CC3)sc2c1. The smallest absolute Gasteiger partial charge is 0.222 e. The van der Waals surface area contributed by atoms with Crippen LogP contribution >= 0.6 is 23.1 Å². The second kappa shape index (κ2) is 8.69. The van der Waals surface area contributed by atoms with E-state index in [1.807, 2.05) is 30.8 Å². The topological polar surface area (TPSA) is 45.7 Å². The molecule has 2 fully saturated rings. The molecule has 0 atom stereocenters. The number of benzene rings is 1. The van der Waals surface area contributed by atoms with Gasteiger partial charge in [-0.25, -0.2) is 4.98 Å². The molecule has 0 bridgehead atoms. The first-order valence-corrected chi connectivity index (χ1v) is 11.8. The van der Waals surface area contributed by atoms with Gasteiger partial charge in [0.2, 0.25) is 5.91 Å². The summed E-state index contributed by atoms with van der Waals surface area (Å²) in [5.74, 6) is 3.97. The van der Waals surface area contributed by atoms with Gasteiger partial charge < -0.3 is 14.5 Å². The maximum absolute atomic E-state index is 12.5. The van der Waals surface area contributed by atoms with Crippen LogP contribution in [0.25, 0.3) is 10.2 Å². The summed E-state index contributed by atoms with van der Waals surface area (Å²) in [5.41, 5.74) is 1.04. The summed E-state index contributed by atoms with van der Waals surface area (Å²) < 4.78 is 6.77. The van der Waals surface area contributed by atoms with Gasteiger partial charge >= 0.3 is 0 Å². The molecule has 1 aromatic carbocycles. The van der Waals surface area contributed by atoms with Crippen molar-refractivity contribution in [1.82, 2.24) is 9.88 Å². The lowest BCUT2D eigenvalue weighted by atomic mass is 9.93. The fourth-order valence-electron chi connectivity index (χ4n) is 3.80. The Morgan fingerprint density at radius 1 is 1.22 bits per heavy atom. The van der Waals surface area contributed by atoms with Crippen LogP contribution in [0.1, 0.15) is 26.2 Å². The molecule has 4 rings (SSSR count). The van der Waals surface area contributed by atoms with Crippen LogP contribution in [-0.4, -0.2) is 60.1 Å². The van der Waals surface area contributed by atoms with Gasteiger partial charge in [-0.2, -0.15) is 11.8 Å². The molecule has 1 amide bonds. The number of ether oxygens (including phenoxy) is 1. The largest absolute Gasteiger partial charge is 0.494 e. The first-order valence-electron chi connectivity index (χ1n) is 9.87. The first kappa shape index (κ1) is 18.9. The number of carbonyl (C=O) groups excluding carboxylic acids is 1. The van der Waals surface area contributed by atoms with E-state index in [0.29, 0.717) is 18.4 Å². The van der Waals surface area contributed by atoms with Crippen LogP contribution in [0.15, 0.2) is 18.2 Å². The highest BCUT2D eigenvalue weighted by molar-refractivity contribution is 7.99. The van der Waals surface area contributed by atoms with Gasteiger partial charge in [0.25, 0.3) is 0 Å². The average Bonchev–Trinajstić information content (AvgIpc) is 3.13. The summed E-state index contributed by atoms with van der Waals surface area (Å²) in [4.78, 5) is 21.8. The molecular formula is C20H27N3O2S2. The van der Waals surface area contributed by atoms with Crippen molar-refractivity contribution in [3.05, 3.63) is 18.2 Å². The normalized spacial score (nSPS) is 18.9. The van der Waals surface area contributed by atoms with Gasteiger partial charge in [-0.3, -0.25) is 4.79 Å². The Hall–Kier alpha value is -1.47. The molecule has 0 saturated carbocycles. The molecule has 2 aromatic rings. The Morgan fingerprint density at radius 2 is 2.00 bits per heavy atom. The number of aromatic nitrogens is 1. The number of rotatable bonds is 5. The second-order valence-electron chi connectivity index (χ2n) is 7.19. The number of amides is 1. The van der Waals surface area contributed by atoms with Crippen molar-refractivity contribution in [2.45, 2.75) is 26.2 Å². The van der Waals surface area contributed by atoms with E-state index in [4.69, 9.17) is 9.72 Å². The van der Waals surface area contributed by atoms with Gasteiger partial charge in [-0.05, 0) is 43.9 Å². The van der Waals surface area contributed by atoms with Gasteiger partial charge in [0.1, 0.15) is 5.75 Å². The van der Waals surface area contributed by atoms with Crippen LogP contribution in [-0.2, 0) is 4.79 Å². The van der Waals surface area contributed by atoms with Crippen molar-refractivity contribution in [2.75, 3.05) is 49.2 Å². The Labute approximate surface area is 169 Å². The Bertz CT molecular complexity index is 781. The molecule has 27 heavy (non-hydrogen) atoms. The van der Waals surface area contributed by atoms with Crippen molar-refractivity contribution in [1.29, 1.82) is 0 Å². The lowest BCUT2D eigenvalue weighted by Gasteiger charge is -2.33. The average molecular weight is 406 g/mol. The number of hydrogen-bond donors (Lipinski definition) is 0. The van der Waals surface area contributed by atoms with Crippen LogP contribution in [0.5, 0.6) is 5.75 Å². The number of thioether (sulfide) groups is 1. The van der Waals surface area contributed by atoms with Crippen LogP contribution in [0.2, 0.25) is 0 Å². The number of carbonyl (C=O) groups is 1. The van der Waals surface area contributed by atoms with Crippen LogP contribution in [0, 0.1) is 5.92 Å². The summed E-state index contributed by atoms with van der Waals surface area (Å²) in [5, 5.41) is 1.09. The maximum Gasteiger partial charge on any atom is 0.222 e. The third-order valence-electron chi connectivity index (χ3n) is 5.37. The highest BCUT2D eigenvalue weighted by atomic mass is 32.2. The Balaban J connectivity index is 1.33. The molecule has 3 heterocycles. The Kier molecular flexibility index (Phi) is 6.08. The van der Waals surface area contributed by atoms with Crippen molar-refractivity contribution in [3.63, 3.8) is 0 Å². The van der Waals surface area contributed by atoms with Gasteiger partial charge in [-0.15, -0.1) is 0 Å². The third-order valence-corrected chi connectivity index (χ3v) is 7.39. The standard InChI is InChI=1S/C20H27N3O2S2/c1-2-25-16-3-4-17-18(14-16)27-20(21-17)23-7-5-15(6-8-23)13-19(24)22-9-11-26-12-10-22/h3-4,14-15H,2,5-13H2,1H3. The lowest BCUT2D eigenvalue weighted by molar-refractivity contribution is -0.132. The molecule has 0 aliphatic carbocycles. The fourth-order valence-corrected chi connectivity index (χ4v) is 5.75. The van der Waals surface area contributed by atoms with Crippen LogP contribution in [0.3, 0.4) is 0 Å². The van der Waals surface area contributed by atoms with Crippen molar-refractivity contribution >= 4 is 44.4 Å². The van der Waals surface area contributed by atoms with E-state index in [-0.39, 0.29) is 0 Å². The van der Waals surface area contributed by atoms with E-state index in [2.05, 4.69) is 15.9 Å². The number of hydrogen-bond acceptors (Lipinski definition) is 6.